The Morgan fingerprint density at radius 1 is 1.04 bits per heavy atom. The molecule has 1 aromatic carbocycles. The van der Waals surface area contributed by atoms with Crippen molar-refractivity contribution in [3.63, 3.8) is 0 Å². The zero-order valence-corrected chi connectivity index (χ0v) is 15.2. The van der Waals surface area contributed by atoms with E-state index in [1.54, 1.807) is 11.3 Å². The molecule has 0 saturated heterocycles. The molecule has 3 heteroatoms. The van der Waals surface area contributed by atoms with Crippen molar-refractivity contribution in [1.82, 2.24) is 4.98 Å². The zero-order chi connectivity index (χ0) is 16.1. The molecule has 4 bridgehead atoms. The summed E-state index contributed by atoms with van der Waals surface area (Å²) in [4.78, 5) is 5.07. The van der Waals surface area contributed by atoms with E-state index in [4.69, 9.17) is 4.98 Å². The average Bonchev–Trinajstić information content (AvgIpc) is 3.04. The number of aromatic nitrogens is 1. The first-order chi connectivity index (χ1) is 11.7. The number of anilines is 1. The highest BCUT2D eigenvalue weighted by atomic mass is 32.1. The Balaban J connectivity index is 1.36. The lowest BCUT2D eigenvalue weighted by Crippen LogP contribution is -2.48. The van der Waals surface area contributed by atoms with Gasteiger partial charge in [-0.15, -0.1) is 11.3 Å². The van der Waals surface area contributed by atoms with Crippen LogP contribution in [-0.2, 0) is 5.41 Å². The molecule has 1 heterocycles. The first-order valence-corrected chi connectivity index (χ1v) is 10.4. The highest BCUT2D eigenvalue weighted by molar-refractivity contribution is 7.13. The molecule has 0 unspecified atom stereocenters. The van der Waals surface area contributed by atoms with Gasteiger partial charge in [-0.25, -0.2) is 4.98 Å². The summed E-state index contributed by atoms with van der Waals surface area (Å²) in [6, 6.07) is 11.0. The molecule has 126 valence electrons. The van der Waals surface area contributed by atoms with E-state index >= 15 is 0 Å². The maximum atomic E-state index is 5.07. The third-order valence-corrected chi connectivity index (χ3v) is 7.50. The van der Waals surface area contributed by atoms with Gasteiger partial charge in [0.25, 0.3) is 0 Å². The molecule has 0 amide bonds. The predicted octanol–water partition coefficient (Wildman–Crippen LogP) is 5.78. The SMILES string of the molecule is C[C@@H](Nc1nc(C23CC4CC(CC(C4)C2)C3)cs1)c1ccccc1. The van der Waals surface area contributed by atoms with Gasteiger partial charge >= 0.3 is 0 Å². The van der Waals surface area contributed by atoms with Crippen LogP contribution in [0.15, 0.2) is 35.7 Å². The fraction of sp³-hybridized carbons (Fsp3) is 0.571. The van der Waals surface area contributed by atoms with E-state index in [-0.39, 0.29) is 0 Å². The second kappa shape index (κ2) is 5.59. The Morgan fingerprint density at radius 3 is 2.29 bits per heavy atom. The highest BCUT2D eigenvalue weighted by Gasteiger charge is 2.52. The largest absolute Gasteiger partial charge is 0.355 e. The van der Waals surface area contributed by atoms with E-state index in [1.807, 2.05) is 0 Å². The highest BCUT2D eigenvalue weighted by Crippen LogP contribution is 2.60. The fourth-order valence-electron chi connectivity index (χ4n) is 6.02. The molecular weight excluding hydrogens is 312 g/mol. The van der Waals surface area contributed by atoms with E-state index in [0.29, 0.717) is 11.5 Å². The molecule has 4 saturated carbocycles. The van der Waals surface area contributed by atoms with Crippen LogP contribution in [-0.4, -0.2) is 4.98 Å². The summed E-state index contributed by atoms with van der Waals surface area (Å²) < 4.78 is 0. The van der Waals surface area contributed by atoms with Gasteiger partial charge in [0.05, 0.1) is 11.7 Å². The Labute approximate surface area is 148 Å². The van der Waals surface area contributed by atoms with E-state index in [9.17, 15) is 0 Å². The maximum Gasteiger partial charge on any atom is 0.183 e. The zero-order valence-electron chi connectivity index (χ0n) is 14.4. The predicted molar refractivity (Wildman–Crippen MR) is 100 cm³/mol. The van der Waals surface area contributed by atoms with Crippen molar-refractivity contribution in [2.75, 3.05) is 5.32 Å². The van der Waals surface area contributed by atoms with Crippen molar-refractivity contribution >= 4 is 16.5 Å². The minimum Gasteiger partial charge on any atom is -0.355 e. The van der Waals surface area contributed by atoms with E-state index in [0.717, 1.165) is 22.9 Å². The third kappa shape index (κ3) is 2.48. The number of nitrogens with zero attached hydrogens (tertiary/aromatic N) is 1. The molecule has 1 atom stereocenters. The molecule has 6 rings (SSSR count). The number of hydrogen-bond acceptors (Lipinski definition) is 3. The summed E-state index contributed by atoms with van der Waals surface area (Å²) in [6.07, 6.45) is 8.70. The Morgan fingerprint density at radius 2 is 1.67 bits per heavy atom. The van der Waals surface area contributed by atoms with Crippen LogP contribution in [0.2, 0.25) is 0 Å². The van der Waals surface area contributed by atoms with Gasteiger partial charge in [-0.3, -0.25) is 0 Å². The first-order valence-electron chi connectivity index (χ1n) is 9.48. The molecule has 4 aliphatic carbocycles. The van der Waals surface area contributed by atoms with Crippen LogP contribution in [0, 0.1) is 17.8 Å². The topological polar surface area (TPSA) is 24.9 Å². The summed E-state index contributed by atoms with van der Waals surface area (Å²) in [5, 5.41) is 7.07. The molecule has 24 heavy (non-hydrogen) atoms. The Bertz CT molecular complexity index is 685. The van der Waals surface area contributed by atoms with E-state index in [2.05, 4.69) is 48.0 Å². The lowest BCUT2D eigenvalue weighted by atomic mass is 9.49. The smallest absolute Gasteiger partial charge is 0.183 e. The Hall–Kier alpha value is -1.35. The normalized spacial score (nSPS) is 35.1. The number of hydrogen-bond donors (Lipinski definition) is 1. The van der Waals surface area contributed by atoms with Crippen molar-refractivity contribution in [2.45, 2.75) is 56.9 Å². The van der Waals surface area contributed by atoms with Gasteiger partial charge in [0.1, 0.15) is 0 Å². The molecule has 0 radical (unpaired) electrons. The van der Waals surface area contributed by atoms with Gasteiger partial charge in [0.15, 0.2) is 5.13 Å². The molecule has 4 aliphatic rings. The fourth-order valence-corrected chi connectivity index (χ4v) is 6.94. The second-order valence-corrected chi connectivity index (χ2v) is 9.37. The van der Waals surface area contributed by atoms with Crippen molar-refractivity contribution in [1.29, 1.82) is 0 Å². The van der Waals surface area contributed by atoms with Gasteiger partial charge in [0.2, 0.25) is 0 Å². The van der Waals surface area contributed by atoms with Crippen LogP contribution in [0.1, 0.15) is 62.7 Å². The number of nitrogens with one attached hydrogen (secondary N) is 1. The molecule has 0 aliphatic heterocycles. The molecule has 4 fully saturated rings. The van der Waals surface area contributed by atoms with Gasteiger partial charge in [0, 0.05) is 10.8 Å². The summed E-state index contributed by atoms with van der Waals surface area (Å²) in [5.41, 5.74) is 3.14. The lowest BCUT2D eigenvalue weighted by molar-refractivity contribution is -0.00688. The van der Waals surface area contributed by atoms with Crippen LogP contribution in [0.5, 0.6) is 0 Å². The monoisotopic (exact) mass is 338 g/mol. The number of benzene rings is 1. The first kappa shape index (κ1) is 14.9. The van der Waals surface area contributed by atoms with Crippen molar-refractivity contribution in [3.8, 4) is 0 Å². The van der Waals surface area contributed by atoms with E-state index < -0.39 is 0 Å². The molecule has 0 spiro atoms. The summed E-state index contributed by atoms with van der Waals surface area (Å²) in [6.45, 7) is 2.22. The van der Waals surface area contributed by atoms with Crippen LogP contribution in [0.4, 0.5) is 5.13 Å². The Kier molecular flexibility index (Phi) is 3.48. The minimum absolute atomic E-state index is 0.307. The standard InChI is InChI=1S/C21H26N2S/c1-14(18-5-3-2-4-6-18)22-20-23-19(13-24-20)21-10-15-7-16(11-21)9-17(8-15)12-21/h2-6,13-17H,7-12H2,1H3,(H,22,23)/t14-,15?,16?,17?,21?/m1/s1. The van der Waals surface area contributed by atoms with Crippen molar-refractivity contribution in [2.24, 2.45) is 17.8 Å². The molecule has 2 nitrogen and oxygen atoms in total. The summed E-state index contributed by atoms with van der Waals surface area (Å²) >= 11 is 1.80. The van der Waals surface area contributed by atoms with E-state index in [1.165, 1.54) is 49.8 Å². The van der Waals surface area contributed by atoms with Gasteiger partial charge in [-0.2, -0.15) is 0 Å². The lowest BCUT2D eigenvalue weighted by Gasteiger charge is -2.56. The van der Waals surface area contributed by atoms with Crippen LogP contribution < -0.4 is 5.32 Å². The van der Waals surface area contributed by atoms with Crippen LogP contribution in [0.25, 0.3) is 0 Å². The minimum atomic E-state index is 0.307. The number of rotatable bonds is 4. The van der Waals surface area contributed by atoms with Crippen LogP contribution >= 0.6 is 11.3 Å². The van der Waals surface area contributed by atoms with Gasteiger partial charge in [-0.05, 0) is 68.8 Å². The average molecular weight is 339 g/mol. The molecule has 1 N–H and O–H groups in total. The second-order valence-electron chi connectivity index (χ2n) is 8.51. The summed E-state index contributed by atoms with van der Waals surface area (Å²) in [7, 11) is 0. The van der Waals surface area contributed by atoms with Gasteiger partial charge in [-0.1, -0.05) is 30.3 Å². The van der Waals surface area contributed by atoms with Crippen molar-refractivity contribution < 1.29 is 0 Å². The molecule has 2 aromatic rings. The van der Waals surface area contributed by atoms with Crippen LogP contribution in [0.3, 0.4) is 0 Å². The number of thiazole rings is 1. The molecule has 1 aromatic heterocycles. The van der Waals surface area contributed by atoms with Crippen molar-refractivity contribution in [3.05, 3.63) is 47.0 Å². The molecular formula is C21H26N2S. The van der Waals surface area contributed by atoms with Gasteiger partial charge < -0.3 is 5.32 Å². The maximum absolute atomic E-state index is 5.07. The quantitative estimate of drug-likeness (QED) is 0.764. The summed E-state index contributed by atoms with van der Waals surface area (Å²) in [5.74, 6) is 2.95. The third-order valence-electron chi connectivity index (χ3n) is 6.73.